The van der Waals surface area contributed by atoms with Crippen LogP contribution in [0.2, 0.25) is 0 Å². The topological polar surface area (TPSA) is 70.3 Å². The molecule has 0 bridgehead atoms. The van der Waals surface area contributed by atoms with Crippen molar-refractivity contribution in [2.75, 3.05) is 0 Å². The Hall–Kier alpha value is -2.73. The Morgan fingerprint density at radius 3 is 2.61 bits per heavy atom. The van der Waals surface area contributed by atoms with Crippen LogP contribution in [-0.2, 0) is 0 Å². The molecule has 0 saturated carbocycles. The van der Waals surface area contributed by atoms with E-state index in [0.717, 1.165) is 28.1 Å². The van der Waals surface area contributed by atoms with Gasteiger partial charge in [0.2, 0.25) is 0 Å². The number of aromatic nitrogens is 2. The molecule has 1 aliphatic rings. The van der Waals surface area contributed by atoms with Gasteiger partial charge < -0.3 is 10.7 Å². The van der Waals surface area contributed by atoms with Crippen LogP contribution in [0, 0.1) is 0 Å². The highest BCUT2D eigenvalue weighted by atomic mass is 32.1. The summed E-state index contributed by atoms with van der Waals surface area (Å²) in [5.74, 6) is 0.769. The molecular weight excluding hydrogens is 306 g/mol. The van der Waals surface area contributed by atoms with Gasteiger partial charge in [0.15, 0.2) is 10.9 Å². The molecule has 3 aromatic rings. The molecule has 3 N–H and O–H groups in total. The number of nitrogens with one attached hydrogen (secondary N) is 1. The lowest BCUT2D eigenvalue weighted by Crippen LogP contribution is -2.31. The summed E-state index contributed by atoms with van der Waals surface area (Å²) >= 11 is 5.17. The van der Waals surface area contributed by atoms with Gasteiger partial charge >= 0.3 is 0 Å². The lowest BCUT2D eigenvalue weighted by Gasteiger charge is -2.21. The highest BCUT2D eigenvalue weighted by Gasteiger charge is 2.31. The fourth-order valence-electron chi connectivity index (χ4n) is 2.88. The van der Waals surface area contributed by atoms with Crippen molar-refractivity contribution in [3.8, 4) is 0 Å². The lowest BCUT2D eigenvalue weighted by molar-refractivity contribution is 0.373. The standard InChI is InChI=1S/C17H15N5S/c18-17(23)22-15(11-6-2-1-3-7-11)10-14(21-22)16-19-12-8-4-5-9-13(12)20-16/h1-9,15H,10H2,(H2,18,23)(H,19,20). The van der Waals surface area contributed by atoms with Crippen molar-refractivity contribution in [1.29, 1.82) is 0 Å². The molecule has 0 saturated heterocycles. The Bertz CT molecular complexity index is 867. The highest BCUT2D eigenvalue weighted by Crippen LogP contribution is 2.32. The molecule has 2 heterocycles. The maximum absolute atomic E-state index is 5.86. The summed E-state index contributed by atoms with van der Waals surface area (Å²) in [5.41, 5.74) is 9.78. The van der Waals surface area contributed by atoms with E-state index in [0.29, 0.717) is 6.42 Å². The molecule has 0 fully saturated rings. The number of hydrazone groups is 1. The minimum atomic E-state index is 0.0110. The predicted octanol–water partition coefficient (Wildman–Crippen LogP) is 2.96. The summed E-state index contributed by atoms with van der Waals surface area (Å²) in [7, 11) is 0. The van der Waals surface area contributed by atoms with Crippen LogP contribution in [0.5, 0.6) is 0 Å². The first-order valence-corrected chi connectivity index (χ1v) is 7.79. The van der Waals surface area contributed by atoms with Gasteiger partial charge in [0.25, 0.3) is 0 Å². The van der Waals surface area contributed by atoms with Crippen molar-refractivity contribution in [2.45, 2.75) is 12.5 Å². The number of imidazole rings is 1. The molecule has 6 heteroatoms. The van der Waals surface area contributed by atoms with Gasteiger partial charge in [-0.2, -0.15) is 5.10 Å². The van der Waals surface area contributed by atoms with Gasteiger partial charge in [0, 0.05) is 6.42 Å². The van der Waals surface area contributed by atoms with E-state index < -0.39 is 0 Å². The average molecular weight is 321 g/mol. The quantitative estimate of drug-likeness (QED) is 0.712. The number of hydrogen-bond donors (Lipinski definition) is 2. The molecule has 23 heavy (non-hydrogen) atoms. The van der Waals surface area contributed by atoms with Gasteiger partial charge in [0.05, 0.1) is 17.1 Å². The van der Waals surface area contributed by atoms with Gasteiger partial charge in [-0.05, 0) is 29.9 Å². The number of H-pyrrole nitrogens is 1. The first-order valence-electron chi connectivity index (χ1n) is 7.38. The molecule has 0 radical (unpaired) electrons. The average Bonchev–Trinajstić information content (AvgIpc) is 3.19. The molecule has 114 valence electrons. The normalized spacial score (nSPS) is 17.5. The number of hydrogen-bond acceptors (Lipinski definition) is 3. The monoisotopic (exact) mass is 321 g/mol. The third-order valence-electron chi connectivity index (χ3n) is 3.98. The smallest absolute Gasteiger partial charge is 0.187 e. The van der Waals surface area contributed by atoms with Crippen LogP contribution >= 0.6 is 12.2 Å². The Kier molecular flexibility index (Phi) is 3.31. The molecular formula is C17H15N5S. The molecule has 0 spiro atoms. The van der Waals surface area contributed by atoms with E-state index >= 15 is 0 Å². The molecule has 2 aromatic carbocycles. The van der Waals surface area contributed by atoms with Crippen LogP contribution < -0.4 is 5.73 Å². The Morgan fingerprint density at radius 2 is 1.87 bits per heavy atom. The van der Waals surface area contributed by atoms with E-state index in [1.54, 1.807) is 5.01 Å². The van der Waals surface area contributed by atoms with E-state index in [2.05, 4.69) is 27.2 Å². The van der Waals surface area contributed by atoms with Gasteiger partial charge in [-0.25, -0.2) is 9.99 Å². The summed E-state index contributed by atoms with van der Waals surface area (Å²) < 4.78 is 0. The van der Waals surface area contributed by atoms with E-state index in [1.165, 1.54) is 0 Å². The minimum Gasteiger partial charge on any atom is -0.375 e. The number of nitrogens with zero attached hydrogens (tertiary/aromatic N) is 3. The Balaban J connectivity index is 1.72. The van der Waals surface area contributed by atoms with Crippen LogP contribution in [0.15, 0.2) is 59.7 Å². The van der Waals surface area contributed by atoms with Crippen LogP contribution in [0.25, 0.3) is 11.0 Å². The first-order chi connectivity index (χ1) is 11.2. The van der Waals surface area contributed by atoms with E-state index in [4.69, 9.17) is 18.0 Å². The maximum atomic E-state index is 5.86. The van der Waals surface area contributed by atoms with E-state index in [-0.39, 0.29) is 11.2 Å². The van der Waals surface area contributed by atoms with Crippen molar-refractivity contribution >= 4 is 34.1 Å². The largest absolute Gasteiger partial charge is 0.375 e. The second kappa shape index (κ2) is 5.48. The van der Waals surface area contributed by atoms with Gasteiger partial charge in [-0.1, -0.05) is 42.5 Å². The zero-order chi connectivity index (χ0) is 15.8. The summed E-state index contributed by atoms with van der Waals surface area (Å²) in [5, 5.41) is 6.57. The molecule has 1 aliphatic heterocycles. The van der Waals surface area contributed by atoms with Crippen molar-refractivity contribution in [3.63, 3.8) is 0 Å². The van der Waals surface area contributed by atoms with Gasteiger partial charge in [-0.15, -0.1) is 0 Å². The van der Waals surface area contributed by atoms with Crippen molar-refractivity contribution in [3.05, 3.63) is 66.0 Å². The number of para-hydroxylation sites is 2. The van der Waals surface area contributed by atoms with Crippen LogP contribution in [0.1, 0.15) is 23.9 Å². The lowest BCUT2D eigenvalue weighted by atomic mass is 10.0. The molecule has 4 rings (SSSR count). The van der Waals surface area contributed by atoms with Crippen LogP contribution in [0.4, 0.5) is 0 Å². The fourth-order valence-corrected chi connectivity index (χ4v) is 3.05. The van der Waals surface area contributed by atoms with Gasteiger partial charge in [-0.3, -0.25) is 0 Å². The summed E-state index contributed by atoms with van der Waals surface area (Å²) in [6.45, 7) is 0. The molecule has 1 atom stereocenters. The zero-order valence-corrected chi connectivity index (χ0v) is 13.1. The Labute approximate surface area is 138 Å². The van der Waals surface area contributed by atoms with Crippen LogP contribution in [-0.4, -0.2) is 25.8 Å². The van der Waals surface area contributed by atoms with Crippen molar-refractivity contribution in [2.24, 2.45) is 10.8 Å². The SMILES string of the molecule is NC(=S)N1N=C(c2nc3ccccc3[nH]2)CC1c1ccccc1. The first kappa shape index (κ1) is 13.9. The third kappa shape index (κ3) is 2.47. The second-order valence-electron chi connectivity index (χ2n) is 5.46. The number of aromatic amines is 1. The van der Waals surface area contributed by atoms with Crippen molar-refractivity contribution < 1.29 is 0 Å². The third-order valence-corrected chi connectivity index (χ3v) is 4.17. The number of fused-ring (bicyclic) bond motifs is 1. The summed E-state index contributed by atoms with van der Waals surface area (Å²) in [6.07, 6.45) is 0.709. The summed E-state index contributed by atoms with van der Waals surface area (Å²) in [4.78, 5) is 7.94. The molecule has 0 aliphatic carbocycles. The predicted molar refractivity (Wildman–Crippen MR) is 95.1 cm³/mol. The van der Waals surface area contributed by atoms with E-state index in [9.17, 15) is 0 Å². The molecule has 0 amide bonds. The number of benzene rings is 2. The van der Waals surface area contributed by atoms with Crippen molar-refractivity contribution in [1.82, 2.24) is 15.0 Å². The summed E-state index contributed by atoms with van der Waals surface area (Å²) in [6, 6.07) is 18.1. The second-order valence-corrected chi connectivity index (χ2v) is 5.88. The zero-order valence-electron chi connectivity index (χ0n) is 12.3. The van der Waals surface area contributed by atoms with E-state index in [1.807, 2.05) is 42.5 Å². The maximum Gasteiger partial charge on any atom is 0.187 e. The number of rotatable bonds is 2. The molecule has 1 unspecified atom stereocenters. The fraction of sp³-hybridized carbons (Fsp3) is 0.118. The van der Waals surface area contributed by atoms with Gasteiger partial charge in [0.1, 0.15) is 5.71 Å². The Morgan fingerprint density at radius 1 is 1.13 bits per heavy atom. The minimum absolute atomic E-state index is 0.0110. The van der Waals surface area contributed by atoms with Crippen LogP contribution in [0.3, 0.4) is 0 Å². The molecule has 1 aromatic heterocycles. The number of thiocarbonyl (C=S) groups is 1. The molecule has 5 nitrogen and oxygen atoms in total. The highest BCUT2D eigenvalue weighted by molar-refractivity contribution is 7.80. The number of nitrogens with two attached hydrogens (primary N) is 1.